The fourth-order valence-electron chi connectivity index (χ4n) is 1.05. The number of esters is 1. The number of benzene rings is 1. The number of carbonyl (C=O) groups excluding carboxylic acids is 1. The number of phenolic OH excluding ortho intramolecular Hbond substituents is 1. The van der Waals surface area contributed by atoms with Gasteiger partial charge in [0.2, 0.25) is 0 Å². The van der Waals surface area contributed by atoms with E-state index in [0.29, 0.717) is 12.1 Å². The van der Waals surface area contributed by atoms with E-state index in [9.17, 15) is 22.4 Å². The van der Waals surface area contributed by atoms with Gasteiger partial charge >= 0.3 is 12.1 Å². The monoisotopic (exact) mass is 238 g/mol. The molecular formula is C9H6F4O3. The van der Waals surface area contributed by atoms with Gasteiger partial charge < -0.3 is 9.84 Å². The summed E-state index contributed by atoms with van der Waals surface area (Å²) in [6.07, 6.45) is -4.95. The maximum absolute atomic E-state index is 12.9. The van der Waals surface area contributed by atoms with Crippen molar-refractivity contribution in [3.8, 4) is 5.75 Å². The molecule has 1 aromatic rings. The Kier molecular flexibility index (Phi) is 3.06. The highest BCUT2D eigenvalue weighted by Gasteiger charge is 2.36. The van der Waals surface area contributed by atoms with Gasteiger partial charge in [0.25, 0.3) is 0 Å². The van der Waals surface area contributed by atoms with Crippen molar-refractivity contribution in [2.24, 2.45) is 0 Å². The molecule has 1 rings (SSSR count). The van der Waals surface area contributed by atoms with Crippen LogP contribution in [0.15, 0.2) is 12.1 Å². The predicted octanol–water partition coefficient (Wildman–Crippen LogP) is 2.34. The number of ether oxygens (including phenoxy) is 1. The van der Waals surface area contributed by atoms with Crippen molar-refractivity contribution < 1.29 is 32.2 Å². The number of hydrogen-bond donors (Lipinski definition) is 1. The van der Waals surface area contributed by atoms with Crippen molar-refractivity contribution in [2.45, 2.75) is 6.18 Å². The molecule has 0 bridgehead atoms. The summed E-state index contributed by atoms with van der Waals surface area (Å²) in [4.78, 5) is 10.9. The smallest absolute Gasteiger partial charge is 0.420 e. The number of carbonyl (C=O) groups is 1. The van der Waals surface area contributed by atoms with Crippen LogP contribution in [0.3, 0.4) is 0 Å². The molecule has 0 aliphatic carbocycles. The fraction of sp³-hybridized carbons (Fsp3) is 0.222. The molecule has 0 fully saturated rings. The van der Waals surface area contributed by atoms with Gasteiger partial charge in [0.15, 0.2) is 11.6 Å². The van der Waals surface area contributed by atoms with Crippen molar-refractivity contribution >= 4 is 5.97 Å². The molecular weight excluding hydrogens is 232 g/mol. The second kappa shape index (κ2) is 3.99. The summed E-state index contributed by atoms with van der Waals surface area (Å²) in [5.74, 6) is -4.19. The molecule has 7 heteroatoms. The van der Waals surface area contributed by atoms with E-state index in [4.69, 9.17) is 5.11 Å². The lowest BCUT2D eigenvalue weighted by Gasteiger charge is -2.10. The molecule has 1 N–H and O–H groups in total. The normalized spacial score (nSPS) is 11.3. The van der Waals surface area contributed by atoms with Gasteiger partial charge in [-0.2, -0.15) is 13.2 Å². The molecule has 0 atom stereocenters. The Bertz CT molecular complexity index is 425. The zero-order valence-electron chi connectivity index (χ0n) is 7.93. The summed E-state index contributed by atoms with van der Waals surface area (Å²) in [5.41, 5.74) is -2.24. The van der Waals surface area contributed by atoms with E-state index in [1.807, 2.05) is 0 Å². The molecule has 0 heterocycles. The van der Waals surface area contributed by atoms with Crippen LogP contribution in [0.25, 0.3) is 0 Å². The number of halogens is 4. The molecule has 0 aliphatic rings. The molecule has 0 amide bonds. The van der Waals surface area contributed by atoms with E-state index >= 15 is 0 Å². The Balaban J connectivity index is 3.39. The zero-order valence-corrected chi connectivity index (χ0v) is 7.93. The highest BCUT2D eigenvalue weighted by atomic mass is 19.4. The van der Waals surface area contributed by atoms with Crippen molar-refractivity contribution in [2.75, 3.05) is 7.11 Å². The van der Waals surface area contributed by atoms with Crippen LogP contribution in [0.4, 0.5) is 17.6 Å². The maximum Gasteiger partial charge on any atom is 0.420 e. The van der Waals surface area contributed by atoms with Crippen molar-refractivity contribution in [3.05, 3.63) is 29.1 Å². The van der Waals surface area contributed by atoms with Crippen LogP contribution in [0, 0.1) is 5.82 Å². The molecule has 1 aromatic carbocycles. The summed E-state index contributed by atoms with van der Waals surface area (Å²) < 4.78 is 53.9. The predicted molar refractivity (Wildman–Crippen MR) is 44.4 cm³/mol. The fourth-order valence-corrected chi connectivity index (χ4v) is 1.05. The zero-order chi connectivity index (χ0) is 12.5. The van der Waals surface area contributed by atoms with Gasteiger partial charge in [-0.3, -0.25) is 0 Å². The Morgan fingerprint density at radius 2 is 1.94 bits per heavy atom. The average molecular weight is 238 g/mol. The summed E-state index contributed by atoms with van der Waals surface area (Å²) in [6, 6.07) is 0.792. The van der Waals surface area contributed by atoms with E-state index in [1.54, 1.807) is 0 Å². The maximum atomic E-state index is 12.9. The second-order valence-corrected chi connectivity index (χ2v) is 2.84. The number of phenols is 1. The Labute approximate surface area is 87.3 Å². The lowest BCUT2D eigenvalue weighted by Crippen LogP contribution is -2.10. The second-order valence-electron chi connectivity index (χ2n) is 2.84. The lowest BCUT2D eigenvalue weighted by molar-refractivity contribution is -0.139. The quantitative estimate of drug-likeness (QED) is 0.603. The van der Waals surface area contributed by atoms with Crippen LogP contribution in [0.1, 0.15) is 15.9 Å². The van der Waals surface area contributed by atoms with Crippen LogP contribution < -0.4 is 0 Å². The van der Waals surface area contributed by atoms with Gasteiger partial charge in [0.1, 0.15) is 5.56 Å². The number of hydrogen-bond acceptors (Lipinski definition) is 3. The van der Waals surface area contributed by atoms with E-state index in [2.05, 4.69) is 4.74 Å². The summed E-state index contributed by atoms with van der Waals surface area (Å²) >= 11 is 0. The molecule has 0 saturated heterocycles. The van der Waals surface area contributed by atoms with Crippen LogP contribution in [-0.4, -0.2) is 18.2 Å². The SMILES string of the molecule is COC(=O)c1cc(F)c(O)c(C(F)(F)F)c1. The largest absolute Gasteiger partial charge is 0.504 e. The molecule has 0 aliphatic heterocycles. The van der Waals surface area contributed by atoms with Gasteiger partial charge in [-0.05, 0) is 12.1 Å². The van der Waals surface area contributed by atoms with Crippen LogP contribution in [0.5, 0.6) is 5.75 Å². The molecule has 0 spiro atoms. The van der Waals surface area contributed by atoms with Gasteiger partial charge in [-0.1, -0.05) is 0 Å². The first-order valence-corrected chi connectivity index (χ1v) is 3.95. The van der Waals surface area contributed by atoms with E-state index in [0.717, 1.165) is 7.11 Å². The molecule has 0 saturated carbocycles. The summed E-state index contributed by atoms with van der Waals surface area (Å²) in [7, 11) is 0.945. The summed E-state index contributed by atoms with van der Waals surface area (Å²) in [5, 5.41) is 8.86. The Hall–Kier alpha value is -1.79. The van der Waals surface area contributed by atoms with Crippen molar-refractivity contribution in [1.82, 2.24) is 0 Å². The topological polar surface area (TPSA) is 46.5 Å². The van der Waals surface area contributed by atoms with Gasteiger partial charge in [-0.15, -0.1) is 0 Å². The van der Waals surface area contributed by atoms with Crippen molar-refractivity contribution in [3.63, 3.8) is 0 Å². The van der Waals surface area contributed by atoms with Crippen LogP contribution in [-0.2, 0) is 10.9 Å². The Morgan fingerprint density at radius 1 is 1.38 bits per heavy atom. The van der Waals surface area contributed by atoms with Gasteiger partial charge in [0.05, 0.1) is 12.7 Å². The first kappa shape index (κ1) is 12.3. The lowest BCUT2D eigenvalue weighted by atomic mass is 10.1. The Morgan fingerprint density at radius 3 is 2.38 bits per heavy atom. The van der Waals surface area contributed by atoms with Crippen molar-refractivity contribution in [1.29, 1.82) is 0 Å². The first-order valence-electron chi connectivity index (χ1n) is 3.95. The number of aromatic hydroxyl groups is 1. The molecule has 0 aromatic heterocycles. The van der Waals surface area contributed by atoms with Gasteiger partial charge in [-0.25, -0.2) is 9.18 Å². The molecule has 0 radical (unpaired) electrons. The summed E-state index contributed by atoms with van der Waals surface area (Å²) in [6.45, 7) is 0. The first-order chi connectivity index (χ1) is 7.27. The molecule has 16 heavy (non-hydrogen) atoms. The number of alkyl halides is 3. The minimum atomic E-state index is -4.95. The third-order valence-electron chi connectivity index (χ3n) is 1.79. The number of rotatable bonds is 1. The van der Waals surface area contributed by atoms with Crippen LogP contribution in [0.2, 0.25) is 0 Å². The highest BCUT2D eigenvalue weighted by molar-refractivity contribution is 5.89. The van der Waals surface area contributed by atoms with Crippen LogP contribution >= 0.6 is 0 Å². The van der Waals surface area contributed by atoms with Gasteiger partial charge in [0, 0.05) is 0 Å². The number of methoxy groups -OCH3 is 1. The van der Waals surface area contributed by atoms with E-state index in [1.165, 1.54) is 0 Å². The van der Waals surface area contributed by atoms with E-state index < -0.39 is 34.8 Å². The highest BCUT2D eigenvalue weighted by Crippen LogP contribution is 2.37. The standard InChI is InChI=1S/C9H6F4O3/c1-16-8(15)4-2-5(9(11,12)13)7(14)6(10)3-4/h2-3,14H,1H3. The third-order valence-corrected chi connectivity index (χ3v) is 1.79. The average Bonchev–Trinajstić information content (AvgIpc) is 2.18. The minimum Gasteiger partial charge on any atom is -0.504 e. The molecule has 88 valence electrons. The third kappa shape index (κ3) is 2.23. The molecule has 0 unspecified atom stereocenters. The molecule has 3 nitrogen and oxygen atoms in total. The van der Waals surface area contributed by atoms with E-state index in [-0.39, 0.29) is 0 Å². The minimum absolute atomic E-state index is 0.324.